The van der Waals surface area contributed by atoms with Gasteiger partial charge in [0.25, 0.3) is 0 Å². The van der Waals surface area contributed by atoms with E-state index in [0.717, 1.165) is 54.9 Å². The maximum absolute atomic E-state index is 14.4. The number of halogens is 1. The minimum absolute atomic E-state index is 0.0722. The molecule has 21 heavy (non-hydrogen) atoms. The van der Waals surface area contributed by atoms with Gasteiger partial charge in [-0.25, -0.2) is 4.39 Å². The molecule has 1 aliphatic carbocycles. The molecule has 1 heterocycles. The first-order valence-corrected chi connectivity index (χ1v) is 7.71. The van der Waals surface area contributed by atoms with Crippen LogP contribution in [0.1, 0.15) is 36.8 Å². The molecule has 0 spiro atoms. The Morgan fingerprint density at radius 1 is 1.33 bits per heavy atom. The van der Waals surface area contributed by atoms with Crippen molar-refractivity contribution < 1.29 is 4.39 Å². The molecule has 2 atom stereocenters. The summed E-state index contributed by atoms with van der Waals surface area (Å²) in [6.45, 7) is 1.57. The normalized spacial score (nSPS) is 25.6. The van der Waals surface area contributed by atoms with E-state index in [0.29, 0.717) is 6.42 Å². The molecule has 0 radical (unpaired) electrons. The van der Waals surface area contributed by atoms with Gasteiger partial charge in [-0.1, -0.05) is 18.8 Å². The quantitative estimate of drug-likeness (QED) is 0.721. The molecule has 3 heteroatoms. The van der Waals surface area contributed by atoms with Gasteiger partial charge in [-0.15, -0.1) is 6.42 Å². The SMILES string of the molecule is C#Cc1ccc2c(c1)C(C1CCCCC1F)=NCCN2C. The van der Waals surface area contributed by atoms with Crippen molar-refractivity contribution in [3.05, 3.63) is 29.3 Å². The van der Waals surface area contributed by atoms with Crippen LogP contribution in [-0.4, -0.2) is 32.0 Å². The summed E-state index contributed by atoms with van der Waals surface area (Å²) in [6.07, 6.45) is 8.38. The van der Waals surface area contributed by atoms with Crippen molar-refractivity contribution in [3.63, 3.8) is 0 Å². The number of nitrogens with zero attached hydrogens (tertiary/aromatic N) is 2. The lowest BCUT2D eigenvalue weighted by Gasteiger charge is -2.28. The van der Waals surface area contributed by atoms with Gasteiger partial charge in [-0.05, 0) is 31.0 Å². The molecule has 0 N–H and O–H groups in total. The molecule has 1 aromatic rings. The third kappa shape index (κ3) is 2.68. The highest BCUT2D eigenvalue weighted by molar-refractivity contribution is 6.07. The first kappa shape index (κ1) is 14.1. The Morgan fingerprint density at radius 2 is 2.14 bits per heavy atom. The van der Waals surface area contributed by atoms with Gasteiger partial charge in [0.05, 0.1) is 12.3 Å². The Kier molecular flexibility index (Phi) is 3.96. The van der Waals surface area contributed by atoms with Crippen molar-refractivity contribution in [2.45, 2.75) is 31.9 Å². The van der Waals surface area contributed by atoms with Crippen molar-refractivity contribution >= 4 is 11.4 Å². The summed E-state index contributed by atoms with van der Waals surface area (Å²) in [7, 11) is 2.06. The lowest BCUT2D eigenvalue weighted by Crippen LogP contribution is -2.29. The summed E-state index contributed by atoms with van der Waals surface area (Å²) in [5, 5.41) is 0. The van der Waals surface area contributed by atoms with E-state index in [1.54, 1.807) is 0 Å². The first-order chi connectivity index (χ1) is 10.2. The smallest absolute Gasteiger partial charge is 0.108 e. The summed E-state index contributed by atoms with van der Waals surface area (Å²) < 4.78 is 14.4. The van der Waals surface area contributed by atoms with E-state index in [1.807, 2.05) is 18.2 Å². The van der Waals surface area contributed by atoms with Gasteiger partial charge in [0.1, 0.15) is 6.17 Å². The zero-order chi connectivity index (χ0) is 14.8. The van der Waals surface area contributed by atoms with Crippen LogP contribution in [0.15, 0.2) is 23.2 Å². The van der Waals surface area contributed by atoms with Crippen molar-refractivity contribution in [1.82, 2.24) is 0 Å². The van der Waals surface area contributed by atoms with E-state index in [-0.39, 0.29) is 5.92 Å². The largest absolute Gasteiger partial charge is 0.372 e. The zero-order valence-electron chi connectivity index (χ0n) is 12.5. The summed E-state index contributed by atoms with van der Waals surface area (Å²) in [5.41, 5.74) is 3.91. The van der Waals surface area contributed by atoms with E-state index in [2.05, 4.69) is 17.9 Å². The van der Waals surface area contributed by atoms with Crippen LogP contribution in [0.3, 0.4) is 0 Å². The number of alkyl halides is 1. The summed E-state index contributed by atoms with van der Waals surface area (Å²) in [4.78, 5) is 6.91. The third-order valence-corrected chi connectivity index (χ3v) is 4.60. The van der Waals surface area contributed by atoms with Crippen molar-refractivity contribution in [1.29, 1.82) is 0 Å². The third-order valence-electron chi connectivity index (χ3n) is 4.60. The fourth-order valence-corrected chi connectivity index (χ4v) is 3.40. The Hall–Kier alpha value is -1.82. The lowest BCUT2D eigenvalue weighted by molar-refractivity contribution is 0.211. The summed E-state index contributed by atoms with van der Waals surface area (Å²) in [5.74, 6) is 2.61. The standard InChI is InChI=1S/C18H21FN2/c1-3-13-8-9-17-15(12-13)18(20-10-11-21(17)2)14-6-4-5-7-16(14)19/h1,8-9,12,14,16H,4-7,10-11H2,2H3. The number of hydrogen-bond donors (Lipinski definition) is 0. The molecule has 1 saturated carbocycles. The van der Waals surface area contributed by atoms with Gasteiger partial charge in [-0.2, -0.15) is 0 Å². The fraction of sp³-hybridized carbons (Fsp3) is 0.500. The van der Waals surface area contributed by atoms with Crippen LogP contribution in [0.4, 0.5) is 10.1 Å². The minimum atomic E-state index is -0.775. The second-order valence-electron chi connectivity index (χ2n) is 5.97. The molecular formula is C18H21FN2. The van der Waals surface area contributed by atoms with Crippen molar-refractivity contribution in [3.8, 4) is 12.3 Å². The molecule has 2 aliphatic rings. The molecule has 1 aliphatic heterocycles. The highest BCUT2D eigenvalue weighted by Crippen LogP contribution is 2.34. The molecule has 0 amide bonds. The number of benzene rings is 1. The number of benzodiazepines with no additional fused rings is 1. The van der Waals surface area contributed by atoms with Gasteiger partial charge < -0.3 is 4.90 Å². The van der Waals surface area contributed by atoms with Crippen LogP contribution in [-0.2, 0) is 0 Å². The van der Waals surface area contributed by atoms with E-state index >= 15 is 0 Å². The predicted octanol–water partition coefficient (Wildman–Crippen LogP) is 3.44. The van der Waals surface area contributed by atoms with E-state index in [1.165, 1.54) is 0 Å². The van der Waals surface area contributed by atoms with E-state index < -0.39 is 6.17 Å². The Labute approximate surface area is 126 Å². The maximum atomic E-state index is 14.4. The average Bonchev–Trinajstić information content (AvgIpc) is 2.67. The second-order valence-corrected chi connectivity index (χ2v) is 5.97. The Bertz CT molecular complexity index is 600. The van der Waals surface area contributed by atoms with Gasteiger partial charge in [0.2, 0.25) is 0 Å². The maximum Gasteiger partial charge on any atom is 0.108 e. The second kappa shape index (κ2) is 5.89. The van der Waals surface area contributed by atoms with Crippen LogP contribution >= 0.6 is 0 Å². The number of aliphatic imine (C=N–C) groups is 1. The van der Waals surface area contributed by atoms with Crippen LogP contribution in [0.5, 0.6) is 0 Å². The van der Waals surface area contributed by atoms with Crippen molar-refractivity contribution in [2.75, 3.05) is 25.0 Å². The van der Waals surface area contributed by atoms with Gasteiger partial charge in [0, 0.05) is 36.3 Å². The monoisotopic (exact) mass is 284 g/mol. The molecule has 2 unspecified atom stereocenters. The Morgan fingerprint density at radius 3 is 2.90 bits per heavy atom. The molecule has 0 aromatic heterocycles. The first-order valence-electron chi connectivity index (χ1n) is 7.71. The molecular weight excluding hydrogens is 263 g/mol. The molecule has 0 saturated heterocycles. The van der Waals surface area contributed by atoms with Crippen LogP contribution in [0.2, 0.25) is 0 Å². The summed E-state index contributed by atoms with van der Waals surface area (Å²) in [6, 6.07) is 5.99. The van der Waals surface area contributed by atoms with Crippen LogP contribution < -0.4 is 4.90 Å². The van der Waals surface area contributed by atoms with Gasteiger partial charge in [-0.3, -0.25) is 4.99 Å². The van der Waals surface area contributed by atoms with Gasteiger partial charge in [0.15, 0.2) is 0 Å². The van der Waals surface area contributed by atoms with E-state index in [9.17, 15) is 4.39 Å². The molecule has 1 aromatic carbocycles. The fourth-order valence-electron chi connectivity index (χ4n) is 3.40. The highest BCUT2D eigenvalue weighted by atomic mass is 19.1. The number of terminal acetylenes is 1. The molecule has 1 fully saturated rings. The van der Waals surface area contributed by atoms with Crippen LogP contribution in [0, 0.1) is 18.3 Å². The van der Waals surface area contributed by atoms with Crippen molar-refractivity contribution in [2.24, 2.45) is 10.9 Å². The number of anilines is 1. The van der Waals surface area contributed by atoms with E-state index in [4.69, 9.17) is 11.4 Å². The minimum Gasteiger partial charge on any atom is -0.372 e. The molecule has 0 bridgehead atoms. The highest BCUT2D eigenvalue weighted by Gasteiger charge is 2.32. The number of likely N-dealkylation sites (N-methyl/N-ethyl adjacent to an activating group) is 1. The summed E-state index contributed by atoms with van der Waals surface area (Å²) >= 11 is 0. The Balaban J connectivity index is 2.07. The van der Waals surface area contributed by atoms with Crippen LogP contribution in [0.25, 0.3) is 0 Å². The topological polar surface area (TPSA) is 15.6 Å². The molecule has 110 valence electrons. The number of rotatable bonds is 1. The average molecular weight is 284 g/mol. The zero-order valence-corrected chi connectivity index (χ0v) is 12.5. The number of hydrogen-bond acceptors (Lipinski definition) is 2. The predicted molar refractivity (Wildman–Crippen MR) is 85.9 cm³/mol. The lowest BCUT2D eigenvalue weighted by atomic mass is 9.81. The van der Waals surface area contributed by atoms with Gasteiger partial charge >= 0.3 is 0 Å². The molecule has 3 rings (SSSR count). The molecule has 2 nitrogen and oxygen atoms in total. The number of fused-ring (bicyclic) bond motifs is 1.